The molecule has 2 heterocycles. The summed E-state index contributed by atoms with van der Waals surface area (Å²) in [5.41, 5.74) is 6.53. The van der Waals surface area contributed by atoms with Crippen molar-refractivity contribution in [1.29, 1.82) is 0 Å². The molecule has 1 saturated heterocycles. The van der Waals surface area contributed by atoms with Gasteiger partial charge in [0.1, 0.15) is 16.5 Å². The van der Waals surface area contributed by atoms with E-state index in [0.717, 1.165) is 56.9 Å². The molecule has 1 aromatic carbocycles. The minimum atomic E-state index is -3.59. The van der Waals surface area contributed by atoms with Crippen LogP contribution in [0.3, 0.4) is 0 Å². The van der Waals surface area contributed by atoms with Gasteiger partial charge in [-0.05, 0) is 49.7 Å². The molecular formula is C22H31FN4O4S. The summed E-state index contributed by atoms with van der Waals surface area (Å²) in [6.45, 7) is 6.19. The van der Waals surface area contributed by atoms with E-state index in [2.05, 4.69) is 15.0 Å². The molecule has 32 heavy (non-hydrogen) atoms. The summed E-state index contributed by atoms with van der Waals surface area (Å²) in [6, 6.07) is 4.44. The first kappa shape index (κ1) is 23.0. The first-order valence-corrected chi connectivity index (χ1v) is 13.0. The fraction of sp³-hybridized carbons (Fsp3) is 0.636. The Hall–Kier alpha value is -2.20. The molecule has 0 bridgehead atoms. The summed E-state index contributed by atoms with van der Waals surface area (Å²) >= 11 is 0. The number of piperidine rings is 1. The maximum Gasteiger partial charge on any atom is 0.324 e. The van der Waals surface area contributed by atoms with Gasteiger partial charge in [-0.15, -0.1) is 0 Å². The van der Waals surface area contributed by atoms with Crippen LogP contribution in [0.1, 0.15) is 51.3 Å². The highest BCUT2D eigenvalue weighted by Gasteiger charge is 2.55. The van der Waals surface area contributed by atoms with Gasteiger partial charge in [0.2, 0.25) is 0 Å². The lowest BCUT2D eigenvalue weighted by atomic mass is 9.86. The maximum atomic E-state index is 14.0. The van der Waals surface area contributed by atoms with Crippen molar-refractivity contribution in [1.82, 2.24) is 10.1 Å². The van der Waals surface area contributed by atoms with Crippen molar-refractivity contribution < 1.29 is 22.1 Å². The van der Waals surface area contributed by atoms with E-state index in [-0.39, 0.29) is 16.4 Å². The van der Waals surface area contributed by atoms with Crippen LogP contribution in [0, 0.1) is 17.7 Å². The number of hydrogen-bond acceptors (Lipinski definition) is 8. The van der Waals surface area contributed by atoms with Crippen LogP contribution in [0.25, 0.3) is 0 Å². The molecule has 2 fully saturated rings. The maximum absolute atomic E-state index is 14.0. The van der Waals surface area contributed by atoms with E-state index in [0.29, 0.717) is 30.2 Å². The normalized spacial score (nSPS) is 24.2. The smallest absolute Gasteiger partial charge is 0.324 e. The first-order chi connectivity index (χ1) is 15.1. The largest absolute Gasteiger partial charge is 0.493 e. The van der Waals surface area contributed by atoms with Crippen LogP contribution in [0.15, 0.2) is 27.6 Å². The molecule has 2 aliphatic rings. The Kier molecular flexibility index (Phi) is 6.19. The molecule has 1 aromatic heterocycles. The topological polar surface area (TPSA) is 112 Å². The van der Waals surface area contributed by atoms with E-state index < -0.39 is 15.7 Å². The quantitative estimate of drug-likeness (QED) is 0.632. The van der Waals surface area contributed by atoms with E-state index in [1.807, 2.05) is 13.8 Å². The van der Waals surface area contributed by atoms with Crippen LogP contribution in [-0.4, -0.2) is 50.0 Å². The number of halogens is 1. The number of sulfone groups is 1. The average Bonchev–Trinajstić information content (AvgIpc) is 3.16. The minimum absolute atomic E-state index is 0.182. The molecule has 10 heteroatoms. The summed E-state index contributed by atoms with van der Waals surface area (Å²) in [6.07, 6.45) is 4.68. The number of nitrogens with zero attached hydrogens (tertiary/aromatic N) is 3. The number of rotatable bonds is 8. The molecule has 1 aliphatic carbocycles. The van der Waals surface area contributed by atoms with Gasteiger partial charge >= 0.3 is 6.01 Å². The van der Waals surface area contributed by atoms with Gasteiger partial charge in [-0.1, -0.05) is 19.0 Å². The Morgan fingerprint density at radius 3 is 2.66 bits per heavy atom. The second kappa shape index (κ2) is 8.62. The van der Waals surface area contributed by atoms with Crippen molar-refractivity contribution in [3.05, 3.63) is 29.8 Å². The highest BCUT2D eigenvalue weighted by molar-refractivity contribution is 7.90. The van der Waals surface area contributed by atoms with Gasteiger partial charge in [-0.25, -0.2) is 12.8 Å². The SMILES string of the molecule is CC(C)c1noc(N2CCC([C@@]3(N)C[C@H]3CCOc3ccc(S(C)(=O)=O)c(F)c3)CC2)n1. The van der Waals surface area contributed by atoms with Crippen LogP contribution in [0.4, 0.5) is 10.4 Å². The third kappa shape index (κ3) is 4.76. The summed E-state index contributed by atoms with van der Waals surface area (Å²) in [4.78, 5) is 6.30. The van der Waals surface area contributed by atoms with Gasteiger partial charge in [-0.2, -0.15) is 4.98 Å². The van der Waals surface area contributed by atoms with Gasteiger partial charge < -0.3 is 19.9 Å². The van der Waals surface area contributed by atoms with Crippen molar-refractivity contribution >= 4 is 15.9 Å². The number of ether oxygens (including phenoxy) is 1. The van der Waals surface area contributed by atoms with Crippen molar-refractivity contribution in [3.63, 3.8) is 0 Å². The third-order valence-corrected chi connectivity index (χ3v) is 7.84. The Morgan fingerprint density at radius 2 is 2.06 bits per heavy atom. The summed E-state index contributed by atoms with van der Waals surface area (Å²) < 4.78 is 48.1. The van der Waals surface area contributed by atoms with Crippen molar-refractivity contribution in [2.45, 2.75) is 55.9 Å². The second-order valence-electron chi connectivity index (χ2n) is 9.37. The van der Waals surface area contributed by atoms with Crippen molar-refractivity contribution in [2.24, 2.45) is 17.6 Å². The number of anilines is 1. The molecule has 2 atom stereocenters. The van der Waals surface area contributed by atoms with Gasteiger partial charge in [-0.3, -0.25) is 0 Å². The highest BCUT2D eigenvalue weighted by atomic mass is 32.2. The van der Waals surface area contributed by atoms with Crippen LogP contribution < -0.4 is 15.4 Å². The number of aromatic nitrogens is 2. The van der Waals surface area contributed by atoms with E-state index >= 15 is 0 Å². The van der Waals surface area contributed by atoms with Crippen molar-refractivity contribution in [3.8, 4) is 5.75 Å². The lowest BCUT2D eigenvalue weighted by Crippen LogP contribution is -2.44. The molecule has 1 aliphatic heterocycles. The van der Waals surface area contributed by atoms with Gasteiger partial charge in [0, 0.05) is 36.9 Å². The summed E-state index contributed by atoms with van der Waals surface area (Å²) in [5.74, 6) is 1.30. The Labute approximate surface area is 188 Å². The predicted octanol–water partition coefficient (Wildman–Crippen LogP) is 3.14. The van der Waals surface area contributed by atoms with E-state index in [1.165, 1.54) is 12.1 Å². The average molecular weight is 467 g/mol. The van der Waals surface area contributed by atoms with Crippen LogP contribution in [0.2, 0.25) is 0 Å². The first-order valence-electron chi connectivity index (χ1n) is 11.1. The van der Waals surface area contributed by atoms with Crippen LogP contribution in [-0.2, 0) is 9.84 Å². The molecule has 4 rings (SSSR count). The van der Waals surface area contributed by atoms with Gasteiger partial charge in [0.25, 0.3) is 0 Å². The number of nitrogens with two attached hydrogens (primary N) is 1. The zero-order valence-corrected chi connectivity index (χ0v) is 19.6. The molecule has 2 N–H and O–H groups in total. The summed E-state index contributed by atoms with van der Waals surface area (Å²) in [7, 11) is -3.59. The zero-order chi connectivity index (χ0) is 23.1. The molecule has 0 spiro atoms. The monoisotopic (exact) mass is 466 g/mol. The van der Waals surface area contributed by atoms with E-state index in [9.17, 15) is 12.8 Å². The molecular weight excluding hydrogens is 435 g/mol. The summed E-state index contributed by atoms with van der Waals surface area (Å²) in [5, 5.41) is 4.04. The van der Waals surface area contributed by atoms with Crippen LogP contribution >= 0.6 is 0 Å². The molecule has 0 unspecified atom stereocenters. The Morgan fingerprint density at radius 1 is 1.34 bits per heavy atom. The second-order valence-corrected chi connectivity index (χ2v) is 11.4. The molecule has 8 nitrogen and oxygen atoms in total. The van der Waals surface area contributed by atoms with E-state index in [1.54, 1.807) is 0 Å². The zero-order valence-electron chi connectivity index (χ0n) is 18.8. The fourth-order valence-electron chi connectivity index (χ4n) is 4.63. The number of hydrogen-bond donors (Lipinski definition) is 1. The van der Waals surface area contributed by atoms with Crippen LogP contribution in [0.5, 0.6) is 5.75 Å². The highest BCUT2D eigenvalue weighted by Crippen LogP contribution is 2.52. The van der Waals surface area contributed by atoms with Crippen molar-refractivity contribution in [2.75, 3.05) is 30.9 Å². The molecule has 0 amide bonds. The van der Waals surface area contributed by atoms with Gasteiger partial charge in [0.15, 0.2) is 15.7 Å². The lowest BCUT2D eigenvalue weighted by molar-refractivity contribution is 0.264. The number of benzene rings is 1. The fourth-order valence-corrected chi connectivity index (χ4v) is 5.36. The third-order valence-electron chi connectivity index (χ3n) is 6.71. The Balaban J connectivity index is 1.24. The minimum Gasteiger partial charge on any atom is -0.493 e. The molecule has 2 aromatic rings. The predicted molar refractivity (Wildman–Crippen MR) is 118 cm³/mol. The molecule has 0 radical (unpaired) electrons. The molecule has 1 saturated carbocycles. The standard InChI is InChI=1S/C22H31FN4O4S/c1-14(2)20-25-21(31-26-20)27-9-6-15(7-10-27)22(24)13-16(22)8-11-30-17-4-5-19(18(23)12-17)32(3,28)29/h4-5,12,14-16H,6-11,13,24H2,1-3H3/t16-,22+/m1/s1. The van der Waals surface area contributed by atoms with E-state index in [4.69, 9.17) is 15.0 Å². The molecule has 176 valence electrons. The van der Waals surface area contributed by atoms with Gasteiger partial charge in [0.05, 0.1) is 6.61 Å². The Bertz CT molecular complexity index is 1070. The lowest BCUT2D eigenvalue weighted by Gasteiger charge is -2.34.